The van der Waals surface area contributed by atoms with Gasteiger partial charge in [0, 0.05) is 28.9 Å². The highest BCUT2D eigenvalue weighted by Gasteiger charge is 2.14. The van der Waals surface area contributed by atoms with Crippen LogP contribution in [0.4, 0.5) is 0 Å². The van der Waals surface area contributed by atoms with Gasteiger partial charge in [-0.3, -0.25) is 9.59 Å². The van der Waals surface area contributed by atoms with E-state index in [4.69, 9.17) is 16.7 Å². The molecule has 1 atom stereocenters. The van der Waals surface area contributed by atoms with Gasteiger partial charge in [-0.15, -0.1) is 0 Å². The Morgan fingerprint density at radius 2 is 2.16 bits per heavy atom. The number of hydrogen-bond acceptors (Lipinski definition) is 2. The number of halogens is 2. The van der Waals surface area contributed by atoms with E-state index < -0.39 is 5.97 Å². The lowest BCUT2D eigenvalue weighted by Gasteiger charge is -2.18. The topological polar surface area (TPSA) is 66.4 Å². The minimum atomic E-state index is -0.879. The lowest BCUT2D eigenvalue weighted by molar-refractivity contribution is -0.137. The number of benzene rings is 1. The second-order valence-electron chi connectivity index (χ2n) is 4.27. The Bertz CT molecular complexity index is 479. The first kappa shape index (κ1) is 16.0. The van der Waals surface area contributed by atoms with Crippen molar-refractivity contribution in [2.24, 2.45) is 0 Å². The highest BCUT2D eigenvalue weighted by Crippen LogP contribution is 2.23. The number of carboxylic acid groups (broad SMARTS) is 1. The summed E-state index contributed by atoms with van der Waals surface area (Å²) in [7, 11) is 0. The van der Waals surface area contributed by atoms with Gasteiger partial charge in [0.2, 0.25) is 5.91 Å². The van der Waals surface area contributed by atoms with E-state index in [9.17, 15) is 9.59 Å². The standard InChI is InChI=1S/C13H15BrClNO3/c1-8(17)16-11(3-5-13(18)19)7-9-6-10(14)2-4-12(9)15/h2,4,6,11H,3,5,7H2,1H3,(H,16,17)(H,18,19). The number of rotatable bonds is 6. The van der Waals surface area contributed by atoms with Gasteiger partial charge < -0.3 is 10.4 Å². The van der Waals surface area contributed by atoms with E-state index in [1.165, 1.54) is 6.92 Å². The van der Waals surface area contributed by atoms with Crippen LogP contribution < -0.4 is 5.32 Å². The Labute approximate surface area is 125 Å². The fourth-order valence-corrected chi connectivity index (χ4v) is 2.38. The number of nitrogens with one attached hydrogen (secondary N) is 1. The Morgan fingerprint density at radius 1 is 1.47 bits per heavy atom. The molecule has 0 aliphatic carbocycles. The van der Waals surface area contributed by atoms with Crippen molar-refractivity contribution >= 4 is 39.4 Å². The van der Waals surface area contributed by atoms with Crippen molar-refractivity contribution in [2.45, 2.75) is 32.2 Å². The molecule has 4 nitrogen and oxygen atoms in total. The van der Waals surface area contributed by atoms with Crippen LogP contribution in [0.3, 0.4) is 0 Å². The maximum Gasteiger partial charge on any atom is 0.303 e. The number of hydrogen-bond donors (Lipinski definition) is 2. The van der Waals surface area contributed by atoms with E-state index in [-0.39, 0.29) is 18.4 Å². The predicted molar refractivity (Wildman–Crippen MR) is 77.3 cm³/mol. The van der Waals surface area contributed by atoms with Crippen LogP contribution >= 0.6 is 27.5 Å². The van der Waals surface area contributed by atoms with Gasteiger partial charge in [0.05, 0.1) is 0 Å². The molecule has 0 radical (unpaired) electrons. The molecule has 0 saturated carbocycles. The van der Waals surface area contributed by atoms with Crippen molar-refractivity contribution < 1.29 is 14.7 Å². The summed E-state index contributed by atoms with van der Waals surface area (Å²) in [6, 6.07) is 5.23. The summed E-state index contributed by atoms with van der Waals surface area (Å²) < 4.78 is 0.895. The van der Waals surface area contributed by atoms with Crippen LogP contribution in [0, 0.1) is 0 Å². The van der Waals surface area contributed by atoms with Gasteiger partial charge in [-0.1, -0.05) is 27.5 Å². The molecule has 0 aliphatic heterocycles. The van der Waals surface area contributed by atoms with Crippen molar-refractivity contribution in [3.8, 4) is 0 Å². The molecular weight excluding hydrogens is 334 g/mol. The molecule has 1 aromatic carbocycles. The zero-order valence-corrected chi connectivity index (χ0v) is 12.8. The molecule has 0 spiro atoms. The fraction of sp³-hybridized carbons (Fsp3) is 0.385. The van der Waals surface area contributed by atoms with Crippen LogP contribution in [0.15, 0.2) is 22.7 Å². The largest absolute Gasteiger partial charge is 0.481 e. The molecule has 19 heavy (non-hydrogen) atoms. The molecule has 0 heterocycles. The molecule has 0 aromatic heterocycles. The molecular formula is C13H15BrClNO3. The smallest absolute Gasteiger partial charge is 0.303 e. The third-order valence-corrected chi connectivity index (χ3v) is 3.45. The lowest BCUT2D eigenvalue weighted by atomic mass is 10.0. The van der Waals surface area contributed by atoms with Gasteiger partial charge in [0.25, 0.3) is 0 Å². The van der Waals surface area contributed by atoms with Crippen molar-refractivity contribution in [3.05, 3.63) is 33.3 Å². The summed E-state index contributed by atoms with van der Waals surface area (Å²) in [5.41, 5.74) is 0.875. The number of carbonyl (C=O) groups excluding carboxylic acids is 1. The van der Waals surface area contributed by atoms with Crippen molar-refractivity contribution in [3.63, 3.8) is 0 Å². The Balaban J connectivity index is 2.77. The average Bonchev–Trinajstić information content (AvgIpc) is 2.30. The quantitative estimate of drug-likeness (QED) is 0.830. The summed E-state index contributed by atoms with van der Waals surface area (Å²) in [4.78, 5) is 21.8. The number of aliphatic carboxylic acids is 1. The van der Waals surface area contributed by atoms with E-state index in [1.807, 2.05) is 12.1 Å². The Kier molecular flexibility index (Phi) is 6.31. The second-order valence-corrected chi connectivity index (χ2v) is 5.59. The van der Waals surface area contributed by atoms with Gasteiger partial charge in [0.15, 0.2) is 0 Å². The first-order valence-corrected chi connectivity index (χ1v) is 6.98. The van der Waals surface area contributed by atoms with E-state index in [0.717, 1.165) is 10.0 Å². The van der Waals surface area contributed by atoms with Crippen LogP contribution in [0.2, 0.25) is 5.02 Å². The van der Waals surface area contributed by atoms with Gasteiger partial charge in [0.1, 0.15) is 0 Å². The molecule has 1 amide bonds. The highest BCUT2D eigenvalue weighted by molar-refractivity contribution is 9.10. The highest BCUT2D eigenvalue weighted by atomic mass is 79.9. The molecule has 1 rings (SSSR count). The van der Waals surface area contributed by atoms with Gasteiger partial charge in [-0.25, -0.2) is 0 Å². The molecule has 1 aromatic rings. The zero-order valence-electron chi connectivity index (χ0n) is 10.5. The van der Waals surface area contributed by atoms with Crippen molar-refractivity contribution in [1.82, 2.24) is 5.32 Å². The molecule has 2 N–H and O–H groups in total. The molecule has 0 saturated heterocycles. The minimum absolute atomic E-state index is 0.0105. The van der Waals surface area contributed by atoms with E-state index >= 15 is 0 Å². The van der Waals surface area contributed by atoms with Crippen LogP contribution in [0.1, 0.15) is 25.3 Å². The van der Waals surface area contributed by atoms with Gasteiger partial charge >= 0.3 is 5.97 Å². The summed E-state index contributed by atoms with van der Waals surface area (Å²) >= 11 is 9.45. The Hall–Kier alpha value is -1.07. The minimum Gasteiger partial charge on any atom is -0.481 e. The van der Waals surface area contributed by atoms with Crippen LogP contribution in [-0.2, 0) is 16.0 Å². The molecule has 6 heteroatoms. The fourth-order valence-electron chi connectivity index (χ4n) is 1.78. The van der Waals surface area contributed by atoms with E-state index in [1.54, 1.807) is 6.07 Å². The van der Waals surface area contributed by atoms with E-state index in [0.29, 0.717) is 17.9 Å². The van der Waals surface area contributed by atoms with Crippen molar-refractivity contribution in [2.75, 3.05) is 0 Å². The van der Waals surface area contributed by atoms with Gasteiger partial charge in [-0.05, 0) is 36.6 Å². The maximum atomic E-state index is 11.1. The second kappa shape index (κ2) is 7.50. The third-order valence-electron chi connectivity index (χ3n) is 2.59. The normalized spacial score (nSPS) is 11.9. The SMILES string of the molecule is CC(=O)NC(CCC(=O)O)Cc1cc(Br)ccc1Cl. The summed E-state index contributed by atoms with van der Waals surface area (Å²) in [6.07, 6.45) is 0.888. The van der Waals surface area contributed by atoms with Crippen LogP contribution in [0.5, 0.6) is 0 Å². The zero-order chi connectivity index (χ0) is 14.4. The molecule has 0 fully saturated rings. The lowest BCUT2D eigenvalue weighted by Crippen LogP contribution is -2.35. The molecule has 0 bridgehead atoms. The predicted octanol–water partition coefficient (Wildman–Crippen LogP) is 3.01. The van der Waals surface area contributed by atoms with E-state index in [2.05, 4.69) is 21.2 Å². The number of carbonyl (C=O) groups is 2. The molecule has 0 aliphatic rings. The monoisotopic (exact) mass is 347 g/mol. The first-order chi connectivity index (χ1) is 8.88. The summed E-state index contributed by atoms with van der Waals surface area (Å²) in [6.45, 7) is 1.41. The molecule has 1 unspecified atom stereocenters. The van der Waals surface area contributed by atoms with Crippen LogP contribution in [-0.4, -0.2) is 23.0 Å². The summed E-state index contributed by atoms with van der Waals surface area (Å²) in [5, 5.41) is 12.1. The Morgan fingerprint density at radius 3 is 2.74 bits per heavy atom. The number of carboxylic acids is 1. The third kappa shape index (κ3) is 6.07. The van der Waals surface area contributed by atoms with Crippen LogP contribution in [0.25, 0.3) is 0 Å². The first-order valence-electron chi connectivity index (χ1n) is 5.81. The van der Waals surface area contributed by atoms with Crippen molar-refractivity contribution in [1.29, 1.82) is 0 Å². The maximum absolute atomic E-state index is 11.1. The molecule has 104 valence electrons. The number of amides is 1. The summed E-state index contributed by atoms with van der Waals surface area (Å²) in [5.74, 6) is -1.06. The average molecular weight is 349 g/mol. The van der Waals surface area contributed by atoms with Gasteiger partial charge in [-0.2, -0.15) is 0 Å².